The number of aryl methyl sites for hydroxylation is 1. The number of carbonyl (C=O) groups is 1. The lowest BCUT2D eigenvalue weighted by Gasteiger charge is -2.21. The Hall–Kier alpha value is -1.97. The Bertz CT molecular complexity index is 895. The summed E-state index contributed by atoms with van der Waals surface area (Å²) < 4.78 is 32.8. The summed E-state index contributed by atoms with van der Waals surface area (Å²) >= 11 is 0. The number of rotatable bonds is 5. The number of benzene rings is 1. The standard InChI is InChI=1S/C19H25N3O5S/c1-14-4-2-6-16(10-14)28(24,25)22-8-7-19(13-22)11-17(21-27-19)18(23)20-12-15-5-3-9-26-15/h2,4,6,10,15H,3,5,7-9,11-13H2,1H3,(H,20,23). The van der Waals surface area contributed by atoms with Gasteiger partial charge in [0.05, 0.1) is 17.5 Å². The fourth-order valence-corrected chi connectivity index (χ4v) is 5.53. The van der Waals surface area contributed by atoms with Gasteiger partial charge in [-0.3, -0.25) is 4.79 Å². The fourth-order valence-electron chi connectivity index (χ4n) is 3.91. The zero-order valence-corrected chi connectivity index (χ0v) is 16.7. The van der Waals surface area contributed by atoms with Crippen LogP contribution in [0.15, 0.2) is 34.3 Å². The normalized spacial score (nSPS) is 27.8. The number of oxime groups is 1. The molecule has 3 aliphatic heterocycles. The Morgan fingerprint density at radius 3 is 3.04 bits per heavy atom. The second kappa shape index (κ2) is 7.46. The first-order chi connectivity index (χ1) is 13.4. The van der Waals surface area contributed by atoms with E-state index in [1.165, 1.54) is 4.31 Å². The van der Waals surface area contributed by atoms with Crippen LogP contribution in [0.3, 0.4) is 0 Å². The zero-order valence-electron chi connectivity index (χ0n) is 15.9. The number of nitrogens with zero attached hydrogens (tertiary/aromatic N) is 2. The van der Waals surface area contributed by atoms with E-state index in [1.807, 2.05) is 13.0 Å². The maximum absolute atomic E-state index is 12.9. The van der Waals surface area contributed by atoms with Crippen molar-refractivity contribution in [3.8, 4) is 0 Å². The molecule has 1 aromatic rings. The molecule has 4 rings (SSSR count). The van der Waals surface area contributed by atoms with Crippen LogP contribution in [0, 0.1) is 6.92 Å². The van der Waals surface area contributed by atoms with Gasteiger partial charge in [0.2, 0.25) is 10.0 Å². The van der Waals surface area contributed by atoms with E-state index in [0.717, 1.165) is 25.0 Å². The Morgan fingerprint density at radius 1 is 1.43 bits per heavy atom. The highest BCUT2D eigenvalue weighted by molar-refractivity contribution is 7.89. The minimum absolute atomic E-state index is 0.0577. The largest absolute Gasteiger partial charge is 0.387 e. The highest BCUT2D eigenvalue weighted by Gasteiger charge is 2.49. The number of hydrogen-bond donors (Lipinski definition) is 1. The molecule has 152 valence electrons. The van der Waals surface area contributed by atoms with Gasteiger partial charge >= 0.3 is 0 Å². The lowest BCUT2D eigenvalue weighted by atomic mass is 9.96. The summed E-state index contributed by atoms with van der Waals surface area (Å²) in [6, 6.07) is 6.86. The Kier molecular flexibility index (Phi) is 5.15. The van der Waals surface area contributed by atoms with Gasteiger partial charge in [-0.25, -0.2) is 8.42 Å². The van der Waals surface area contributed by atoms with Crippen molar-refractivity contribution in [2.45, 2.75) is 49.2 Å². The van der Waals surface area contributed by atoms with Gasteiger partial charge in [-0.15, -0.1) is 0 Å². The molecule has 1 amide bonds. The molecule has 2 atom stereocenters. The van der Waals surface area contributed by atoms with Gasteiger partial charge in [0, 0.05) is 32.5 Å². The molecule has 1 N–H and O–H groups in total. The topological polar surface area (TPSA) is 97.3 Å². The average Bonchev–Trinajstić information content (AvgIpc) is 3.42. The van der Waals surface area contributed by atoms with Crippen LogP contribution in [0.25, 0.3) is 0 Å². The molecule has 1 spiro atoms. The predicted molar refractivity (Wildman–Crippen MR) is 102 cm³/mol. The van der Waals surface area contributed by atoms with Gasteiger partial charge in [0.25, 0.3) is 5.91 Å². The molecule has 2 unspecified atom stereocenters. The summed E-state index contributed by atoms with van der Waals surface area (Å²) in [4.78, 5) is 18.2. The van der Waals surface area contributed by atoms with Crippen molar-refractivity contribution in [2.24, 2.45) is 5.16 Å². The smallest absolute Gasteiger partial charge is 0.269 e. The highest BCUT2D eigenvalue weighted by atomic mass is 32.2. The molecule has 3 heterocycles. The van der Waals surface area contributed by atoms with E-state index in [1.54, 1.807) is 18.2 Å². The molecular formula is C19H25N3O5S. The van der Waals surface area contributed by atoms with Gasteiger partial charge in [-0.05, 0) is 37.5 Å². The van der Waals surface area contributed by atoms with Crippen molar-refractivity contribution in [3.63, 3.8) is 0 Å². The minimum atomic E-state index is -3.60. The molecule has 0 aliphatic carbocycles. The van der Waals surface area contributed by atoms with Crippen LogP contribution in [0.4, 0.5) is 0 Å². The van der Waals surface area contributed by atoms with Gasteiger partial charge in [-0.1, -0.05) is 17.3 Å². The molecule has 2 fully saturated rings. The van der Waals surface area contributed by atoms with E-state index < -0.39 is 15.6 Å². The minimum Gasteiger partial charge on any atom is -0.387 e. The summed E-state index contributed by atoms with van der Waals surface area (Å²) in [7, 11) is -3.60. The summed E-state index contributed by atoms with van der Waals surface area (Å²) in [5.41, 5.74) is 0.446. The Morgan fingerprint density at radius 2 is 2.29 bits per heavy atom. The van der Waals surface area contributed by atoms with E-state index in [0.29, 0.717) is 31.6 Å². The average molecular weight is 407 g/mol. The predicted octanol–water partition coefficient (Wildman–Crippen LogP) is 1.20. The van der Waals surface area contributed by atoms with Crippen molar-refractivity contribution in [2.75, 3.05) is 26.2 Å². The summed E-state index contributed by atoms with van der Waals surface area (Å²) in [6.45, 7) is 3.59. The lowest BCUT2D eigenvalue weighted by Crippen LogP contribution is -2.40. The van der Waals surface area contributed by atoms with Crippen LogP contribution in [0.1, 0.15) is 31.2 Å². The van der Waals surface area contributed by atoms with Gasteiger partial charge in [-0.2, -0.15) is 4.31 Å². The molecular weight excluding hydrogens is 382 g/mol. The monoisotopic (exact) mass is 407 g/mol. The third-order valence-corrected chi connectivity index (χ3v) is 7.37. The van der Waals surface area contributed by atoms with E-state index in [-0.39, 0.29) is 23.5 Å². The number of ether oxygens (including phenoxy) is 1. The second-order valence-electron chi connectivity index (χ2n) is 7.74. The van der Waals surface area contributed by atoms with Gasteiger partial charge < -0.3 is 14.9 Å². The van der Waals surface area contributed by atoms with E-state index >= 15 is 0 Å². The molecule has 1 aromatic carbocycles. The van der Waals surface area contributed by atoms with Crippen molar-refractivity contribution >= 4 is 21.6 Å². The Balaban J connectivity index is 1.37. The van der Waals surface area contributed by atoms with Crippen LogP contribution in [0.2, 0.25) is 0 Å². The van der Waals surface area contributed by atoms with E-state index in [2.05, 4.69) is 10.5 Å². The summed E-state index contributed by atoms with van der Waals surface area (Å²) in [6.07, 6.45) is 2.83. The Labute approximate surface area is 164 Å². The lowest BCUT2D eigenvalue weighted by molar-refractivity contribution is -0.115. The maximum Gasteiger partial charge on any atom is 0.269 e. The summed E-state index contributed by atoms with van der Waals surface area (Å²) in [5.74, 6) is -0.271. The van der Waals surface area contributed by atoms with Gasteiger partial charge in [0.15, 0.2) is 5.60 Å². The fraction of sp³-hybridized carbons (Fsp3) is 0.579. The van der Waals surface area contributed by atoms with Crippen LogP contribution >= 0.6 is 0 Å². The van der Waals surface area contributed by atoms with Crippen molar-refractivity contribution in [1.29, 1.82) is 0 Å². The first-order valence-corrected chi connectivity index (χ1v) is 11.0. The molecule has 0 aromatic heterocycles. The van der Waals surface area contributed by atoms with Crippen LogP contribution in [-0.2, 0) is 24.4 Å². The number of hydrogen-bond acceptors (Lipinski definition) is 6. The molecule has 3 aliphatic rings. The number of carbonyl (C=O) groups excluding carboxylic acids is 1. The van der Waals surface area contributed by atoms with Gasteiger partial charge in [0.1, 0.15) is 5.71 Å². The summed E-state index contributed by atoms with van der Waals surface area (Å²) in [5, 5.41) is 6.80. The quantitative estimate of drug-likeness (QED) is 0.791. The molecule has 9 heteroatoms. The number of amides is 1. The third kappa shape index (κ3) is 3.78. The first-order valence-electron chi connectivity index (χ1n) is 9.60. The third-order valence-electron chi connectivity index (χ3n) is 5.52. The molecule has 2 saturated heterocycles. The van der Waals surface area contributed by atoms with Crippen LogP contribution < -0.4 is 5.32 Å². The number of nitrogens with one attached hydrogen (secondary N) is 1. The van der Waals surface area contributed by atoms with Crippen LogP contribution in [0.5, 0.6) is 0 Å². The molecule has 0 saturated carbocycles. The van der Waals surface area contributed by atoms with E-state index in [9.17, 15) is 13.2 Å². The van der Waals surface area contributed by atoms with Crippen molar-refractivity contribution in [1.82, 2.24) is 9.62 Å². The SMILES string of the molecule is Cc1cccc(S(=O)(=O)N2CCC3(CC(C(=O)NCC4CCCO4)=NO3)C2)c1. The molecule has 0 bridgehead atoms. The van der Waals surface area contributed by atoms with Crippen molar-refractivity contribution in [3.05, 3.63) is 29.8 Å². The zero-order chi connectivity index (χ0) is 19.8. The number of sulfonamides is 1. The molecule has 8 nitrogen and oxygen atoms in total. The van der Waals surface area contributed by atoms with Crippen molar-refractivity contribution < 1.29 is 22.8 Å². The molecule has 28 heavy (non-hydrogen) atoms. The van der Waals surface area contributed by atoms with E-state index in [4.69, 9.17) is 9.57 Å². The molecule has 0 radical (unpaired) electrons. The first kappa shape index (κ1) is 19.4. The highest BCUT2D eigenvalue weighted by Crippen LogP contribution is 2.36. The van der Waals surface area contributed by atoms with Crippen LogP contribution in [-0.4, -0.2) is 62.3 Å². The second-order valence-corrected chi connectivity index (χ2v) is 9.68. The maximum atomic E-state index is 12.9.